The Balaban J connectivity index is 1.56. The van der Waals surface area contributed by atoms with Crippen molar-refractivity contribution in [1.82, 2.24) is 15.3 Å². The van der Waals surface area contributed by atoms with Crippen LogP contribution in [0.2, 0.25) is 0 Å². The minimum Gasteiger partial charge on any atom is -0.465 e. The second-order valence-electron chi connectivity index (χ2n) is 6.04. The highest BCUT2D eigenvalue weighted by Crippen LogP contribution is 2.34. The third-order valence-corrected chi connectivity index (χ3v) is 5.72. The number of fused-ring (bicyclic) bond motifs is 1. The average molecular weight is 367 g/mol. The van der Waals surface area contributed by atoms with Gasteiger partial charge >= 0.3 is 5.97 Å². The number of ketones is 1. The number of hydrogen-bond acceptors (Lipinski definition) is 6. The molecule has 1 aliphatic rings. The van der Waals surface area contributed by atoms with Crippen LogP contribution >= 0.6 is 11.8 Å². The Morgan fingerprint density at radius 3 is 2.96 bits per heavy atom. The molecule has 0 aliphatic carbocycles. The summed E-state index contributed by atoms with van der Waals surface area (Å²) in [5, 5.41) is 4.25. The summed E-state index contributed by atoms with van der Waals surface area (Å²) in [6, 6.07) is 8.80. The van der Waals surface area contributed by atoms with Crippen LogP contribution in [0.1, 0.15) is 31.7 Å². The zero-order valence-electron chi connectivity index (χ0n) is 14.1. The van der Waals surface area contributed by atoms with Crippen molar-refractivity contribution in [1.29, 1.82) is 0 Å². The van der Waals surface area contributed by atoms with Gasteiger partial charge in [0.05, 0.1) is 24.1 Å². The van der Waals surface area contributed by atoms with Gasteiger partial charge in [0.15, 0.2) is 5.78 Å². The first-order valence-electron chi connectivity index (χ1n) is 8.18. The van der Waals surface area contributed by atoms with E-state index in [0.717, 1.165) is 16.5 Å². The molecule has 0 spiro atoms. The molecule has 0 saturated carbocycles. The summed E-state index contributed by atoms with van der Waals surface area (Å²) >= 11 is 1.70. The lowest BCUT2D eigenvalue weighted by Crippen LogP contribution is -2.34. The van der Waals surface area contributed by atoms with Gasteiger partial charge in [-0.05, 0) is 23.8 Å². The maximum absolute atomic E-state index is 13.0. The Bertz CT molecular complexity index is 971. The van der Waals surface area contributed by atoms with Crippen LogP contribution in [-0.2, 0) is 4.74 Å². The number of thioether (sulfide) groups is 1. The van der Waals surface area contributed by atoms with E-state index < -0.39 is 5.97 Å². The van der Waals surface area contributed by atoms with Gasteiger partial charge in [0.25, 0.3) is 0 Å². The second-order valence-corrected chi connectivity index (χ2v) is 7.18. The molecule has 3 heterocycles. The summed E-state index contributed by atoms with van der Waals surface area (Å²) in [4.78, 5) is 31.8. The highest BCUT2D eigenvalue weighted by Gasteiger charge is 2.32. The molecular weight excluding hydrogens is 350 g/mol. The fourth-order valence-corrected chi connectivity index (χ4v) is 4.33. The van der Waals surface area contributed by atoms with Crippen LogP contribution in [0.15, 0.2) is 48.9 Å². The molecule has 1 saturated heterocycles. The van der Waals surface area contributed by atoms with Gasteiger partial charge in [0, 0.05) is 40.8 Å². The maximum Gasteiger partial charge on any atom is 0.337 e. The number of carbonyl (C=O) groups excluding carboxylic acids is 2. The molecule has 0 amide bonds. The van der Waals surface area contributed by atoms with Gasteiger partial charge in [0.1, 0.15) is 0 Å². The van der Waals surface area contributed by atoms with Crippen molar-refractivity contribution in [2.45, 2.75) is 11.4 Å². The molecule has 2 atom stereocenters. The van der Waals surface area contributed by atoms with Crippen molar-refractivity contribution in [3.05, 3.63) is 65.6 Å². The standard InChI is InChI=1S/C19H17N3O3S/c1-25-19(24)11-4-5-13-14(9-21-15(13)7-11)17(23)16-10-26-18(22-16)12-3-2-6-20-8-12/h2-9,16,18,21-22H,10H2,1H3. The normalized spacial score (nSPS) is 19.6. The van der Waals surface area contributed by atoms with Gasteiger partial charge in [0.2, 0.25) is 0 Å². The van der Waals surface area contributed by atoms with Crippen LogP contribution in [-0.4, -0.2) is 40.6 Å². The van der Waals surface area contributed by atoms with E-state index in [0.29, 0.717) is 16.9 Å². The summed E-state index contributed by atoms with van der Waals surface area (Å²) in [6.45, 7) is 0. The summed E-state index contributed by atoms with van der Waals surface area (Å²) in [6.07, 6.45) is 5.26. The zero-order valence-corrected chi connectivity index (χ0v) is 14.9. The molecular formula is C19H17N3O3S. The number of Topliss-reactive ketones (excluding diaryl/α,β-unsaturated/α-hetero) is 1. The fraction of sp³-hybridized carbons (Fsp3) is 0.211. The molecule has 3 aromatic rings. The van der Waals surface area contributed by atoms with Crippen LogP contribution in [0.4, 0.5) is 0 Å². The first-order valence-corrected chi connectivity index (χ1v) is 9.23. The first kappa shape index (κ1) is 16.8. The van der Waals surface area contributed by atoms with Crippen molar-refractivity contribution < 1.29 is 14.3 Å². The number of hydrogen-bond donors (Lipinski definition) is 2. The number of pyridine rings is 1. The van der Waals surface area contributed by atoms with Crippen molar-refractivity contribution in [2.75, 3.05) is 12.9 Å². The maximum atomic E-state index is 13.0. The molecule has 0 radical (unpaired) electrons. The van der Waals surface area contributed by atoms with Gasteiger partial charge < -0.3 is 9.72 Å². The lowest BCUT2D eigenvalue weighted by atomic mass is 10.0. The molecule has 6 nitrogen and oxygen atoms in total. The number of carbonyl (C=O) groups is 2. The largest absolute Gasteiger partial charge is 0.465 e. The van der Waals surface area contributed by atoms with Gasteiger partial charge in [-0.15, -0.1) is 11.8 Å². The molecule has 132 valence electrons. The summed E-state index contributed by atoms with van der Waals surface area (Å²) < 4.78 is 4.74. The Labute approximate surface area is 154 Å². The van der Waals surface area contributed by atoms with E-state index in [1.807, 2.05) is 18.3 Å². The van der Waals surface area contributed by atoms with Crippen LogP contribution in [0.25, 0.3) is 10.9 Å². The van der Waals surface area contributed by atoms with Gasteiger partial charge in [-0.3, -0.25) is 15.1 Å². The minimum absolute atomic E-state index is 0.0426. The smallest absolute Gasteiger partial charge is 0.337 e. The lowest BCUT2D eigenvalue weighted by Gasteiger charge is -2.12. The summed E-state index contributed by atoms with van der Waals surface area (Å²) in [5.74, 6) is 0.342. The lowest BCUT2D eigenvalue weighted by molar-refractivity contribution is 0.0600. The number of nitrogens with zero attached hydrogens (tertiary/aromatic N) is 1. The summed E-state index contributed by atoms with van der Waals surface area (Å²) in [7, 11) is 1.35. The number of aromatic amines is 1. The molecule has 2 unspecified atom stereocenters. The Kier molecular flexibility index (Phi) is 4.48. The molecule has 0 bridgehead atoms. The van der Waals surface area contributed by atoms with E-state index in [9.17, 15) is 9.59 Å². The quantitative estimate of drug-likeness (QED) is 0.545. The molecule has 26 heavy (non-hydrogen) atoms. The Morgan fingerprint density at radius 1 is 1.31 bits per heavy atom. The van der Waals surface area contributed by atoms with Gasteiger partial charge in [-0.25, -0.2) is 4.79 Å². The first-order chi connectivity index (χ1) is 12.7. The number of methoxy groups -OCH3 is 1. The third kappa shape index (κ3) is 3.00. The fourth-order valence-electron chi connectivity index (χ4n) is 3.11. The summed E-state index contributed by atoms with van der Waals surface area (Å²) in [5.41, 5.74) is 2.88. The molecule has 1 aliphatic heterocycles. The molecule has 2 aromatic heterocycles. The van der Waals surface area contributed by atoms with E-state index in [4.69, 9.17) is 4.74 Å². The van der Waals surface area contributed by atoms with Gasteiger partial charge in [-0.1, -0.05) is 12.1 Å². The van der Waals surface area contributed by atoms with Crippen molar-refractivity contribution in [3.63, 3.8) is 0 Å². The topological polar surface area (TPSA) is 84.1 Å². The third-order valence-electron chi connectivity index (χ3n) is 4.45. The molecule has 1 aromatic carbocycles. The highest BCUT2D eigenvalue weighted by atomic mass is 32.2. The average Bonchev–Trinajstić information content (AvgIpc) is 3.34. The molecule has 1 fully saturated rings. The minimum atomic E-state index is -0.400. The van der Waals surface area contributed by atoms with E-state index in [-0.39, 0.29) is 17.2 Å². The molecule has 4 rings (SSSR count). The van der Waals surface area contributed by atoms with Crippen LogP contribution in [0, 0.1) is 0 Å². The number of H-pyrrole nitrogens is 1. The molecule has 7 heteroatoms. The zero-order chi connectivity index (χ0) is 18.1. The van der Waals surface area contributed by atoms with Crippen LogP contribution < -0.4 is 5.32 Å². The van der Waals surface area contributed by atoms with Crippen molar-refractivity contribution in [3.8, 4) is 0 Å². The van der Waals surface area contributed by atoms with Gasteiger partial charge in [-0.2, -0.15) is 0 Å². The molecule has 2 N–H and O–H groups in total. The predicted molar refractivity (Wildman–Crippen MR) is 100 cm³/mol. The Morgan fingerprint density at radius 2 is 2.19 bits per heavy atom. The van der Waals surface area contributed by atoms with Crippen LogP contribution in [0.3, 0.4) is 0 Å². The number of aromatic nitrogens is 2. The SMILES string of the molecule is COC(=O)c1ccc2c(C(=O)C3CSC(c4cccnc4)N3)c[nH]c2c1. The number of nitrogens with one attached hydrogen (secondary N) is 2. The van der Waals surface area contributed by atoms with E-state index >= 15 is 0 Å². The predicted octanol–water partition coefficient (Wildman–Crippen LogP) is 2.94. The Hall–Kier alpha value is -2.64. The van der Waals surface area contributed by atoms with Crippen molar-refractivity contribution >= 4 is 34.4 Å². The second kappa shape index (κ2) is 6.93. The van der Waals surface area contributed by atoms with E-state index in [1.54, 1.807) is 42.4 Å². The number of esters is 1. The number of ether oxygens (including phenoxy) is 1. The van der Waals surface area contributed by atoms with E-state index in [1.165, 1.54) is 7.11 Å². The van der Waals surface area contributed by atoms with Crippen LogP contribution in [0.5, 0.6) is 0 Å². The highest BCUT2D eigenvalue weighted by molar-refractivity contribution is 7.99. The number of benzene rings is 1. The van der Waals surface area contributed by atoms with Crippen molar-refractivity contribution in [2.24, 2.45) is 0 Å². The van der Waals surface area contributed by atoms with E-state index in [2.05, 4.69) is 15.3 Å². The number of rotatable bonds is 4. The monoisotopic (exact) mass is 367 g/mol.